The maximum atomic E-state index is 13.1. The van der Waals surface area contributed by atoms with Gasteiger partial charge in [-0.1, -0.05) is 35.9 Å². The molecule has 1 aliphatic rings. The summed E-state index contributed by atoms with van der Waals surface area (Å²) < 4.78 is 20.8. The second-order valence-corrected chi connectivity index (χ2v) is 7.07. The van der Waals surface area contributed by atoms with Crippen LogP contribution in [0.1, 0.15) is 11.1 Å². The first-order valence-electron chi connectivity index (χ1n) is 8.90. The highest BCUT2D eigenvalue weighted by atomic mass is 35.5. The Balaban J connectivity index is 1.38. The number of nitrogens with zero attached hydrogens (tertiary/aromatic N) is 4. The summed E-state index contributed by atoms with van der Waals surface area (Å²) >= 11 is 5.93. The highest BCUT2D eigenvalue weighted by Gasteiger charge is 2.23. The molecular weight excluding hydrogens is 367 g/mol. The number of rotatable bonds is 5. The van der Waals surface area contributed by atoms with E-state index in [1.54, 1.807) is 18.5 Å². The Hall–Kier alpha value is -2.44. The molecule has 1 atom stereocenters. The Kier molecular flexibility index (Phi) is 5.36. The summed E-state index contributed by atoms with van der Waals surface area (Å²) in [6.45, 7) is 2.73. The molecule has 3 aromatic rings. The van der Waals surface area contributed by atoms with Crippen LogP contribution in [0.3, 0.4) is 0 Å². The minimum atomic E-state index is -0.222. The van der Waals surface area contributed by atoms with Gasteiger partial charge in [-0.15, -0.1) is 5.10 Å². The zero-order valence-electron chi connectivity index (χ0n) is 14.8. The summed E-state index contributed by atoms with van der Waals surface area (Å²) in [6, 6.07) is 14.3. The third-order valence-electron chi connectivity index (χ3n) is 4.58. The minimum absolute atomic E-state index is 0.0347. The average Bonchev–Trinajstić information content (AvgIpc) is 3.14. The van der Waals surface area contributed by atoms with Crippen molar-refractivity contribution in [1.82, 2.24) is 14.8 Å². The molecule has 0 spiro atoms. The molecule has 7 heteroatoms. The van der Waals surface area contributed by atoms with Crippen molar-refractivity contribution in [1.29, 1.82) is 0 Å². The van der Waals surface area contributed by atoms with E-state index in [-0.39, 0.29) is 11.9 Å². The molecule has 140 valence electrons. The van der Waals surface area contributed by atoms with Gasteiger partial charge in [0.2, 0.25) is 5.95 Å². The Morgan fingerprint density at radius 2 is 1.81 bits per heavy atom. The van der Waals surface area contributed by atoms with E-state index in [0.29, 0.717) is 25.6 Å². The number of hydrogen-bond acceptors (Lipinski definition) is 4. The van der Waals surface area contributed by atoms with E-state index in [4.69, 9.17) is 16.3 Å². The van der Waals surface area contributed by atoms with Gasteiger partial charge in [-0.25, -0.2) is 14.1 Å². The average molecular weight is 387 g/mol. The third kappa shape index (κ3) is 4.64. The fourth-order valence-corrected chi connectivity index (χ4v) is 3.32. The van der Waals surface area contributed by atoms with E-state index < -0.39 is 0 Å². The number of benzene rings is 2. The van der Waals surface area contributed by atoms with Crippen molar-refractivity contribution in [2.24, 2.45) is 0 Å². The van der Waals surface area contributed by atoms with Gasteiger partial charge >= 0.3 is 0 Å². The van der Waals surface area contributed by atoms with E-state index in [1.165, 1.54) is 12.1 Å². The Morgan fingerprint density at radius 1 is 1.07 bits per heavy atom. The van der Waals surface area contributed by atoms with Crippen LogP contribution in [0, 0.1) is 5.82 Å². The molecule has 1 fully saturated rings. The van der Waals surface area contributed by atoms with Crippen molar-refractivity contribution < 1.29 is 9.13 Å². The maximum Gasteiger partial charge on any atom is 0.244 e. The molecule has 4 rings (SSSR count). The van der Waals surface area contributed by atoms with Crippen LogP contribution in [0.15, 0.2) is 54.9 Å². The van der Waals surface area contributed by atoms with Crippen LogP contribution in [-0.2, 0) is 17.7 Å². The highest BCUT2D eigenvalue weighted by Crippen LogP contribution is 2.17. The second-order valence-electron chi connectivity index (χ2n) is 6.64. The van der Waals surface area contributed by atoms with E-state index >= 15 is 0 Å². The number of aromatic nitrogens is 3. The fourth-order valence-electron chi connectivity index (χ4n) is 3.19. The second kappa shape index (κ2) is 8.06. The molecule has 1 aliphatic heterocycles. The molecule has 0 N–H and O–H groups in total. The van der Waals surface area contributed by atoms with Gasteiger partial charge in [-0.3, -0.25) is 0 Å². The molecule has 0 radical (unpaired) electrons. The molecule has 0 amide bonds. The third-order valence-corrected chi connectivity index (χ3v) is 4.83. The number of anilines is 1. The monoisotopic (exact) mass is 386 g/mol. The Labute approximate surface area is 162 Å². The van der Waals surface area contributed by atoms with E-state index in [9.17, 15) is 4.39 Å². The largest absolute Gasteiger partial charge is 0.374 e. The van der Waals surface area contributed by atoms with Crippen LogP contribution in [0.5, 0.6) is 0 Å². The Bertz CT molecular complexity index is 882. The highest BCUT2D eigenvalue weighted by molar-refractivity contribution is 6.30. The van der Waals surface area contributed by atoms with Crippen molar-refractivity contribution in [2.75, 3.05) is 24.6 Å². The quantitative estimate of drug-likeness (QED) is 0.672. The topological polar surface area (TPSA) is 43.2 Å². The minimum Gasteiger partial charge on any atom is -0.374 e. The predicted octanol–water partition coefficient (Wildman–Crippen LogP) is 3.57. The van der Waals surface area contributed by atoms with Gasteiger partial charge in [0, 0.05) is 24.5 Å². The molecular formula is C20H20ClFN4O. The first-order chi connectivity index (χ1) is 13.2. The molecule has 5 nitrogen and oxygen atoms in total. The number of halogens is 2. The summed E-state index contributed by atoms with van der Waals surface area (Å²) in [5, 5.41) is 5.32. The maximum absolute atomic E-state index is 13.1. The van der Waals surface area contributed by atoms with Crippen LogP contribution in [0.4, 0.5) is 10.3 Å². The number of hydrogen-bond donors (Lipinski definition) is 0. The van der Waals surface area contributed by atoms with Crippen molar-refractivity contribution >= 4 is 17.5 Å². The molecule has 1 saturated heterocycles. The molecule has 1 unspecified atom stereocenters. The molecule has 2 heterocycles. The summed E-state index contributed by atoms with van der Waals surface area (Å²) in [7, 11) is 0. The van der Waals surface area contributed by atoms with Gasteiger partial charge in [0.05, 0.1) is 19.3 Å². The lowest BCUT2D eigenvalue weighted by Crippen LogP contribution is -2.44. The summed E-state index contributed by atoms with van der Waals surface area (Å²) in [6.07, 6.45) is 2.52. The van der Waals surface area contributed by atoms with Crippen LogP contribution < -0.4 is 4.90 Å². The van der Waals surface area contributed by atoms with E-state index in [1.807, 2.05) is 28.9 Å². The SMILES string of the molecule is Fc1ccc(CC2CN(c3ncn(Cc4ccc(Cl)cc4)n3)CCO2)cc1. The van der Waals surface area contributed by atoms with Gasteiger partial charge in [0.1, 0.15) is 12.1 Å². The smallest absolute Gasteiger partial charge is 0.244 e. The fraction of sp³-hybridized carbons (Fsp3) is 0.300. The summed E-state index contributed by atoms with van der Waals surface area (Å²) in [5.41, 5.74) is 2.18. The Morgan fingerprint density at radius 3 is 2.59 bits per heavy atom. The van der Waals surface area contributed by atoms with Crippen LogP contribution in [-0.4, -0.2) is 40.6 Å². The molecule has 2 aromatic carbocycles. The zero-order chi connectivity index (χ0) is 18.6. The van der Waals surface area contributed by atoms with Gasteiger partial charge in [-0.2, -0.15) is 0 Å². The lowest BCUT2D eigenvalue weighted by molar-refractivity contribution is 0.0405. The molecule has 0 saturated carbocycles. The lowest BCUT2D eigenvalue weighted by atomic mass is 10.1. The van der Waals surface area contributed by atoms with Crippen molar-refractivity contribution in [2.45, 2.75) is 19.1 Å². The number of ether oxygens (including phenoxy) is 1. The summed E-state index contributed by atoms with van der Waals surface area (Å²) in [4.78, 5) is 6.59. The van der Waals surface area contributed by atoms with Gasteiger partial charge < -0.3 is 9.64 Å². The van der Waals surface area contributed by atoms with Gasteiger partial charge in [0.25, 0.3) is 0 Å². The van der Waals surface area contributed by atoms with Crippen LogP contribution in [0.2, 0.25) is 5.02 Å². The first-order valence-corrected chi connectivity index (χ1v) is 9.28. The number of morpholine rings is 1. The molecule has 0 aliphatic carbocycles. The summed E-state index contributed by atoms with van der Waals surface area (Å²) in [5.74, 6) is 0.483. The van der Waals surface area contributed by atoms with Crippen molar-refractivity contribution in [3.63, 3.8) is 0 Å². The van der Waals surface area contributed by atoms with Crippen LogP contribution in [0.25, 0.3) is 0 Å². The van der Waals surface area contributed by atoms with E-state index in [0.717, 1.165) is 29.1 Å². The molecule has 1 aromatic heterocycles. The standard InChI is InChI=1S/C20H20ClFN4O/c21-17-5-1-16(2-6-17)12-26-14-23-20(24-26)25-9-10-27-19(13-25)11-15-3-7-18(22)8-4-15/h1-8,14,19H,9-13H2. The zero-order valence-corrected chi connectivity index (χ0v) is 15.5. The molecule has 0 bridgehead atoms. The predicted molar refractivity (Wildman–Crippen MR) is 103 cm³/mol. The van der Waals surface area contributed by atoms with Crippen molar-refractivity contribution in [3.8, 4) is 0 Å². The first kappa shape index (κ1) is 17.9. The van der Waals surface area contributed by atoms with Gasteiger partial charge in [0.15, 0.2) is 0 Å². The van der Waals surface area contributed by atoms with E-state index in [2.05, 4.69) is 15.0 Å². The molecule has 27 heavy (non-hydrogen) atoms. The van der Waals surface area contributed by atoms with Gasteiger partial charge in [-0.05, 0) is 35.4 Å². The van der Waals surface area contributed by atoms with Crippen LogP contribution >= 0.6 is 11.6 Å². The van der Waals surface area contributed by atoms with Crippen molar-refractivity contribution in [3.05, 3.63) is 76.8 Å². The normalized spacial score (nSPS) is 17.3. The lowest BCUT2D eigenvalue weighted by Gasteiger charge is -2.32.